The zero-order valence-electron chi connectivity index (χ0n) is 10.5. The predicted octanol–water partition coefficient (Wildman–Crippen LogP) is 1.73. The molecule has 1 heterocycles. The van der Waals surface area contributed by atoms with Gasteiger partial charge in [0, 0.05) is 25.6 Å². The summed E-state index contributed by atoms with van der Waals surface area (Å²) in [6.45, 7) is 7.07. The molecule has 0 aromatic carbocycles. The van der Waals surface area contributed by atoms with E-state index in [1.807, 2.05) is 23.6 Å². The summed E-state index contributed by atoms with van der Waals surface area (Å²) in [7, 11) is 0. The topological polar surface area (TPSA) is 32.3 Å². The summed E-state index contributed by atoms with van der Waals surface area (Å²) in [6.07, 6.45) is 2.99. The number of thioether (sulfide) groups is 1. The molecule has 4 heteroatoms. The molecular weight excluding hydrogens is 220 g/mol. The molecule has 3 nitrogen and oxygen atoms in total. The Morgan fingerprint density at radius 3 is 3.00 bits per heavy atom. The summed E-state index contributed by atoms with van der Waals surface area (Å²) in [5.74, 6) is 2.75. The van der Waals surface area contributed by atoms with Gasteiger partial charge in [0.25, 0.3) is 0 Å². The monoisotopic (exact) mass is 244 g/mol. The van der Waals surface area contributed by atoms with E-state index in [0.717, 1.165) is 26.1 Å². The van der Waals surface area contributed by atoms with E-state index in [0.29, 0.717) is 18.4 Å². The Bertz CT molecular complexity index is 211. The number of carbonyl (C=O) groups is 1. The van der Waals surface area contributed by atoms with Crippen LogP contribution in [0.15, 0.2) is 0 Å². The van der Waals surface area contributed by atoms with Crippen molar-refractivity contribution in [1.82, 2.24) is 10.2 Å². The van der Waals surface area contributed by atoms with Crippen LogP contribution in [0, 0.1) is 0 Å². The van der Waals surface area contributed by atoms with Crippen LogP contribution in [0.1, 0.15) is 33.1 Å². The van der Waals surface area contributed by atoms with E-state index in [4.69, 9.17) is 0 Å². The standard InChI is InChI=1S/C12H24N2OS/c1-3-12(15)14-8-6-11(10-14)13-7-5-9-16-4-2/h11,13H,3-10H2,1-2H3. The number of nitrogens with one attached hydrogen (secondary N) is 1. The molecule has 1 N–H and O–H groups in total. The zero-order chi connectivity index (χ0) is 11.8. The second-order valence-corrected chi connectivity index (χ2v) is 5.58. The molecule has 1 saturated heterocycles. The fourth-order valence-corrected chi connectivity index (χ4v) is 2.64. The highest BCUT2D eigenvalue weighted by Gasteiger charge is 2.24. The maximum absolute atomic E-state index is 11.5. The molecule has 0 aliphatic carbocycles. The second-order valence-electron chi connectivity index (χ2n) is 4.18. The molecule has 0 aromatic heterocycles. The van der Waals surface area contributed by atoms with Gasteiger partial charge in [-0.3, -0.25) is 4.79 Å². The van der Waals surface area contributed by atoms with Gasteiger partial charge in [-0.25, -0.2) is 0 Å². The Labute approximate surface area is 103 Å². The highest BCUT2D eigenvalue weighted by atomic mass is 32.2. The Hall–Kier alpha value is -0.220. The SMILES string of the molecule is CCSCCCNC1CCN(C(=O)CC)C1. The summed E-state index contributed by atoms with van der Waals surface area (Å²) >= 11 is 2.00. The van der Waals surface area contributed by atoms with E-state index in [-0.39, 0.29) is 0 Å². The normalized spacial score (nSPS) is 20.4. The minimum Gasteiger partial charge on any atom is -0.341 e. The van der Waals surface area contributed by atoms with Crippen LogP contribution in [0.3, 0.4) is 0 Å². The van der Waals surface area contributed by atoms with Crippen LogP contribution >= 0.6 is 11.8 Å². The summed E-state index contributed by atoms with van der Waals surface area (Å²) < 4.78 is 0. The van der Waals surface area contributed by atoms with Gasteiger partial charge in [-0.15, -0.1) is 0 Å². The van der Waals surface area contributed by atoms with Gasteiger partial charge in [-0.2, -0.15) is 11.8 Å². The molecule has 0 radical (unpaired) electrons. The van der Waals surface area contributed by atoms with Crippen molar-refractivity contribution >= 4 is 17.7 Å². The fourth-order valence-electron chi connectivity index (χ4n) is 2.00. The average molecular weight is 244 g/mol. The molecule has 94 valence electrons. The first-order valence-corrected chi connectivity index (χ1v) is 7.52. The number of hydrogen-bond acceptors (Lipinski definition) is 3. The quantitative estimate of drug-likeness (QED) is 0.692. The average Bonchev–Trinajstić information content (AvgIpc) is 2.76. The van der Waals surface area contributed by atoms with Crippen LogP contribution < -0.4 is 5.32 Å². The summed E-state index contributed by atoms with van der Waals surface area (Å²) in [6, 6.07) is 0.530. The van der Waals surface area contributed by atoms with Gasteiger partial charge in [-0.1, -0.05) is 13.8 Å². The van der Waals surface area contributed by atoms with Gasteiger partial charge in [0.2, 0.25) is 5.91 Å². The molecule has 0 aromatic rings. The second kappa shape index (κ2) is 7.96. The first-order chi connectivity index (χ1) is 7.77. The van der Waals surface area contributed by atoms with E-state index >= 15 is 0 Å². The summed E-state index contributed by atoms with van der Waals surface area (Å²) in [4.78, 5) is 13.5. The summed E-state index contributed by atoms with van der Waals surface area (Å²) in [5, 5.41) is 3.54. The van der Waals surface area contributed by atoms with Crippen molar-refractivity contribution in [3.63, 3.8) is 0 Å². The van der Waals surface area contributed by atoms with Crippen LogP contribution in [-0.2, 0) is 4.79 Å². The van der Waals surface area contributed by atoms with Crippen molar-refractivity contribution in [2.75, 3.05) is 31.1 Å². The lowest BCUT2D eigenvalue weighted by Gasteiger charge is -2.16. The largest absolute Gasteiger partial charge is 0.341 e. The van der Waals surface area contributed by atoms with Gasteiger partial charge in [-0.05, 0) is 30.9 Å². The van der Waals surface area contributed by atoms with Crippen molar-refractivity contribution < 1.29 is 4.79 Å². The maximum Gasteiger partial charge on any atom is 0.222 e. The fraction of sp³-hybridized carbons (Fsp3) is 0.917. The minimum absolute atomic E-state index is 0.297. The number of rotatable bonds is 7. The molecule has 1 aliphatic rings. The van der Waals surface area contributed by atoms with E-state index in [1.54, 1.807) is 0 Å². The van der Waals surface area contributed by atoms with E-state index in [1.165, 1.54) is 17.9 Å². The molecule has 1 atom stereocenters. The molecule has 1 unspecified atom stereocenters. The van der Waals surface area contributed by atoms with Crippen molar-refractivity contribution in [1.29, 1.82) is 0 Å². The molecule has 0 saturated carbocycles. The molecule has 0 bridgehead atoms. The minimum atomic E-state index is 0.297. The first-order valence-electron chi connectivity index (χ1n) is 6.36. The molecule has 16 heavy (non-hydrogen) atoms. The van der Waals surface area contributed by atoms with Crippen molar-refractivity contribution in [3.05, 3.63) is 0 Å². The Morgan fingerprint density at radius 2 is 2.31 bits per heavy atom. The lowest BCUT2D eigenvalue weighted by atomic mass is 10.2. The van der Waals surface area contributed by atoms with Gasteiger partial charge < -0.3 is 10.2 Å². The zero-order valence-corrected chi connectivity index (χ0v) is 11.3. The highest BCUT2D eigenvalue weighted by molar-refractivity contribution is 7.99. The Morgan fingerprint density at radius 1 is 1.50 bits per heavy atom. The van der Waals surface area contributed by atoms with Gasteiger partial charge in [0.1, 0.15) is 0 Å². The molecular formula is C12H24N2OS. The van der Waals surface area contributed by atoms with Crippen LogP contribution in [0.2, 0.25) is 0 Å². The molecule has 1 amide bonds. The summed E-state index contributed by atoms with van der Waals surface area (Å²) in [5.41, 5.74) is 0. The number of hydrogen-bond donors (Lipinski definition) is 1. The van der Waals surface area contributed by atoms with Crippen LogP contribution in [-0.4, -0.2) is 48.0 Å². The third kappa shape index (κ3) is 4.74. The number of carbonyl (C=O) groups excluding carboxylic acids is 1. The molecule has 1 fully saturated rings. The maximum atomic E-state index is 11.5. The van der Waals surface area contributed by atoms with Gasteiger partial charge >= 0.3 is 0 Å². The van der Waals surface area contributed by atoms with E-state index in [2.05, 4.69) is 12.2 Å². The Kier molecular flexibility index (Phi) is 6.88. The number of nitrogens with zero attached hydrogens (tertiary/aromatic N) is 1. The van der Waals surface area contributed by atoms with E-state index < -0.39 is 0 Å². The van der Waals surface area contributed by atoms with Gasteiger partial charge in [0.05, 0.1) is 0 Å². The third-order valence-electron chi connectivity index (χ3n) is 2.95. The van der Waals surface area contributed by atoms with E-state index in [9.17, 15) is 4.79 Å². The number of amides is 1. The van der Waals surface area contributed by atoms with Crippen molar-refractivity contribution in [2.24, 2.45) is 0 Å². The molecule has 1 rings (SSSR count). The number of likely N-dealkylation sites (tertiary alicyclic amines) is 1. The Balaban J connectivity index is 2.05. The lowest BCUT2D eigenvalue weighted by Crippen LogP contribution is -2.35. The lowest BCUT2D eigenvalue weighted by molar-refractivity contribution is -0.129. The van der Waals surface area contributed by atoms with Crippen LogP contribution in [0.5, 0.6) is 0 Å². The smallest absolute Gasteiger partial charge is 0.222 e. The first kappa shape index (κ1) is 13.8. The molecule has 1 aliphatic heterocycles. The highest BCUT2D eigenvalue weighted by Crippen LogP contribution is 2.10. The molecule has 0 spiro atoms. The van der Waals surface area contributed by atoms with Crippen molar-refractivity contribution in [3.8, 4) is 0 Å². The van der Waals surface area contributed by atoms with Crippen LogP contribution in [0.4, 0.5) is 0 Å². The predicted molar refractivity (Wildman–Crippen MR) is 70.9 cm³/mol. The van der Waals surface area contributed by atoms with Crippen molar-refractivity contribution in [2.45, 2.75) is 39.2 Å². The third-order valence-corrected chi connectivity index (χ3v) is 3.93. The van der Waals surface area contributed by atoms with Gasteiger partial charge in [0.15, 0.2) is 0 Å². The van der Waals surface area contributed by atoms with Crippen LogP contribution in [0.25, 0.3) is 0 Å².